The van der Waals surface area contributed by atoms with Gasteiger partial charge in [-0.1, -0.05) is 33.1 Å². The van der Waals surface area contributed by atoms with Gasteiger partial charge in [-0.15, -0.1) is 0 Å². The Bertz CT molecular complexity index is 437. The Hall–Kier alpha value is -1.58. The molecule has 4 heteroatoms. The minimum Gasteiger partial charge on any atom is -0.462 e. The van der Waals surface area contributed by atoms with Crippen LogP contribution in [0, 0.1) is 18.7 Å². The third-order valence-electron chi connectivity index (χ3n) is 3.61. The average Bonchev–Trinajstić information content (AvgIpc) is 2.44. The maximum absolute atomic E-state index is 13.5. The predicted octanol–water partition coefficient (Wildman–Crippen LogP) is 4.09. The van der Waals surface area contributed by atoms with Gasteiger partial charge in [-0.2, -0.15) is 0 Å². The first kappa shape index (κ1) is 16.5. The molecule has 0 bridgehead atoms. The van der Waals surface area contributed by atoms with E-state index in [0.717, 1.165) is 25.7 Å². The molecular weight excluding hydrogens is 257 g/mol. The van der Waals surface area contributed by atoms with Crippen molar-refractivity contribution < 1.29 is 13.9 Å². The zero-order chi connectivity index (χ0) is 15.1. The fourth-order valence-electron chi connectivity index (χ4n) is 1.99. The van der Waals surface area contributed by atoms with Crippen LogP contribution < -0.4 is 5.73 Å². The molecule has 0 aliphatic rings. The lowest BCUT2D eigenvalue weighted by Gasteiger charge is -2.15. The smallest absolute Gasteiger partial charge is 0.338 e. The second-order valence-corrected chi connectivity index (χ2v) is 5.19. The van der Waals surface area contributed by atoms with Crippen LogP contribution >= 0.6 is 0 Å². The molecule has 0 aliphatic heterocycles. The zero-order valence-electron chi connectivity index (χ0n) is 12.5. The highest BCUT2D eigenvalue weighted by Crippen LogP contribution is 2.19. The van der Waals surface area contributed by atoms with Crippen LogP contribution in [0.1, 0.15) is 55.5 Å². The maximum Gasteiger partial charge on any atom is 0.338 e. The number of hydrogen-bond donors (Lipinski definition) is 1. The summed E-state index contributed by atoms with van der Waals surface area (Å²) in [5, 5.41) is 0. The summed E-state index contributed by atoms with van der Waals surface area (Å²) in [6.45, 7) is 6.18. The number of hydrogen-bond acceptors (Lipinski definition) is 3. The van der Waals surface area contributed by atoms with Crippen molar-refractivity contribution >= 4 is 11.7 Å². The third kappa shape index (κ3) is 4.51. The van der Waals surface area contributed by atoms with E-state index in [9.17, 15) is 9.18 Å². The number of benzene rings is 1. The molecule has 0 radical (unpaired) electrons. The SMILES string of the molecule is CCCCC(CC)COC(=O)c1cc(N)c(C)c(F)c1. The number of carbonyl (C=O) groups excluding carboxylic acids is 1. The zero-order valence-corrected chi connectivity index (χ0v) is 12.5. The van der Waals surface area contributed by atoms with Crippen LogP contribution in [-0.4, -0.2) is 12.6 Å². The highest BCUT2D eigenvalue weighted by molar-refractivity contribution is 5.90. The Balaban J connectivity index is 2.62. The van der Waals surface area contributed by atoms with Gasteiger partial charge in [0.05, 0.1) is 12.2 Å². The molecule has 0 spiro atoms. The van der Waals surface area contributed by atoms with E-state index in [4.69, 9.17) is 10.5 Å². The number of unbranched alkanes of at least 4 members (excludes halogenated alkanes) is 1. The first-order valence-corrected chi connectivity index (χ1v) is 7.22. The quantitative estimate of drug-likeness (QED) is 0.605. The Morgan fingerprint density at radius 3 is 2.65 bits per heavy atom. The molecule has 0 saturated carbocycles. The van der Waals surface area contributed by atoms with Gasteiger partial charge in [0.1, 0.15) is 5.82 Å². The molecule has 0 aliphatic carbocycles. The molecular formula is C16H24FNO2. The summed E-state index contributed by atoms with van der Waals surface area (Å²) >= 11 is 0. The summed E-state index contributed by atoms with van der Waals surface area (Å²) in [6.07, 6.45) is 4.27. The lowest BCUT2D eigenvalue weighted by atomic mass is 10.0. The Kier molecular flexibility index (Phi) is 6.49. The number of halogens is 1. The van der Waals surface area contributed by atoms with Crippen molar-refractivity contribution in [2.45, 2.75) is 46.5 Å². The molecule has 2 N–H and O–H groups in total. The van der Waals surface area contributed by atoms with Crippen molar-refractivity contribution in [3.63, 3.8) is 0 Å². The Morgan fingerprint density at radius 2 is 2.10 bits per heavy atom. The van der Waals surface area contributed by atoms with Crippen LogP contribution in [0.3, 0.4) is 0 Å². The number of anilines is 1. The minimum atomic E-state index is -0.509. The van der Waals surface area contributed by atoms with Crippen LogP contribution in [0.2, 0.25) is 0 Å². The van der Waals surface area contributed by atoms with Gasteiger partial charge in [0.15, 0.2) is 0 Å². The standard InChI is InChI=1S/C16H24FNO2/c1-4-6-7-12(5-2)10-20-16(19)13-8-14(17)11(3)15(18)9-13/h8-9,12H,4-7,10,18H2,1-3H3. The Labute approximate surface area is 120 Å². The van der Waals surface area contributed by atoms with Gasteiger partial charge in [0, 0.05) is 11.3 Å². The van der Waals surface area contributed by atoms with E-state index in [-0.39, 0.29) is 11.3 Å². The fourth-order valence-corrected chi connectivity index (χ4v) is 1.99. The van der Waals surface area contributed by atoms with E-state index in [1.165, 1.54) is 12.1 Å². The molecule has 1 atom stereocenters. The number of rotatable bonds is 7. The lowest BCUT2D eigenvalue weighted by molar-refractivity contribution is 0.0427. The summed E-state index contributed by atoms with van der Waals surface area (Å²) in [6, 6.07) is 2.65. The second kappa shape index (κ2) is 7.88. The second-order valence-electron chi connectivity index (χ2n) is 5.19. The van der Waals surface area contributed by atoms with E-state index in [2.05, 4.69) is 13.8 Å². The van der Waals surface area contributed by atoms with E-state index in [1.54, 1.807) is 6.92 Å². The van der Waals surface area contributed by atoms with E-state index < -0.39 is 11.8 Å². The molecule has 0 aromatic heterocycles. The van der Waals surface area contributed by atoms with Crippen molar-refractivity contribution in [2.24, 2.45) is 5.92 Å². The highest BCUT2D eigenvalue weighted by atomic mass is 19.1. The molecule has 112 valence electrons. The molecule has 3 nitrogen and oxygen atoms in total. The van der Waals surface area contributed by atoms with Gasteiger partial charge < -0.3 is 10.5 Å². The number of carbonyl (C=O) groups is 1. The van der Waals surface area contributed by atoms with Crippen LogP contribution in [0.15, 0.2) is 12.1 Å². The van der Waals surface area contributed by atoms with E-state index in [1.807, 2.05) is 0 Å². The minimum absolute atomic E-state index is 0.177. The fraction of sp³-hybridized carbons (Fsp3) is 0.562. The molecule has 1 rings (SSSR count). The van der Waals surface area contributed by atoms with Gasteiger partial charge in [-0.25, -0.2) is 9.18 Å². The monoisotopic (exact) mass is 281 g/mol. The predicted molar refractivity (Wildman–Crippen MR) is 79.1 cm³/mol. The van der Waals surface area contributed by atoms with Crippen LogP contribution in [0.25, 0.3) is 0 Å². The summed E-state index contributed by atoms with van der Waals surface area (Å²) < 4.78 is 18.8. The summed E-state index contributed by atoms with van der Waals surface area (Å²) in [7, 11) is 0. The van der Waals surface area contributed by atoms with Crippen LogP contribution in [-0.2, 0) is 4.74 Å². The first-order chi connectivity index (χ1) is 9.49. The number of esters is 1. The topological polar surface area (TPSA) is 52.3 Å². The van der Waals surface area contributed by atoms with Crippen molar-refractivity contribution in [1.82, 2.24) is 0 Å². The molecule has 1 aromatic carbocycles. The average molecular weight is 281 g/mol. The van der Waals surface area contributed by atoms with Crippen LogP contribution in [0.4, 0.5) is 10.1 Å². The maximum atomic E-state index is 13.5. The molecule has 1 unspecified atom stereocenters. The third-order valence-corrected chi connectivity index (χ3v) is 3.61. The van der Waals surface area contributed by atoms with Gasteiger partial charge >= 0.3 is 5.97 Å². The van der Waals surface area contributed by atoms with Gasteiger partial charge in [-0.05, 0) is 31.4 Å². The summed E-state index contributed by atoms with van der Waals surface area (Å²) in [4.78, 5) is 11.9. The van der Waals surface area contributed by atoms with Crippen molar-refractivity contribution in [1.29, 1.82) is 0 Å². The van der Waals surface area contributed by atoms with E-state index in [0.29, 0.717) is 18.1 Å². The molecule has 1 aromatic rings. The molecule has 0 saturated heterocycles. The van der Waals surface area contributed by atoms with Gasteiger partial charge in [0.2, 0.25) is 0 Å². The number of nitrogens with two attached hydrogens (primary N) is 1. The van der Waals surface area contributed by atoms with Crippen molar-refractivity contribution in [3.05, 3.63) is 29.1 Å². The molecule has 20 heavy (non-hydrogen) atoms. The molecule has 0 fully saturated rings. The highest BCUT2D eigenvalue weighted by Gasteiger charge is 2.14. The molecule has 0 amide bonds. The number of nitrogen functional groups attached to an aromatic ring is 1. The largest absolute Gasteiger partial charge is 0.462 e. The molecule has 0 heterocycles. The van der Waals surface area contributed by atoms with Crippen LogP contribution in [0.5, 0.6) is 0 Å². The van der Waals surface area contributed by atoms with Crippen molar-refractivity contribution in [2.75, 3.05) is 12.3 Å². The summed E-state index contributed by atoms with van der Waals surface area (Å²) in [5.74, 6) is -0.618. The van der Waals surface area contributed by atoms with Gasteiger partial charge in [0.25, 0.3) is 0 Å². The lowest BCUT2D eigenvalue weighted by Crippen LogP contribution is -2.14. The number of ether oxygens (including phenoxy) is 1. The normalized spacial score (nSPS) is 12.2. The van der Waals surface area contributed by atoms with E-state index >= 15 is 0 Å². The van der Waals surface area contributed by atoms with Crippen molar-refractivity contribution in [3.8, 4) is 0 Å². The van der Waals surface area contributed by atoms with Gasteiger partial charge in [-0.3, -0.25) is 0 Å². The Morgan fingerprint density at radius 1 is 1.40 bits per heavy atom. The first-order valence-electron chi connectivity index (χ1n) is 7.22. The summed E-state index contributed by atoms with van der Waals surface area (Å²) in [5.41, 5.74) is 6.47.